The Bertz CT molecular complexity index is 6640. The van der Waals surface area contributed by atoms with Crippen LogP contribution >= 0.6 is 58.0 Å². The summed E-state index contributed by atoms with van der Waals surface area (Å²) in [6.07, 6.45) is 3.04. The third kappa shape index (κ3) is 31.4. The number of fused-ring (bicyclic) bond motifs is 3. The SMILES string of the molecule is CCOC(C)(OCC)OCC.CS(=O)(=O)c1nc(Cl)cc(Cl)n1.CS(=O)(=O)c1nc(Cl)cc(Nc2ccccc2N)n1.Cc1ccc(N)cc1.Cc1ccc(Nc2nc(Cl)cc(-n3c(C)nc4ccccc43)n2)cc1.Cc1ccc(Nc2nc(N)cc(-n3c(C)nc4ccccc43)n2)cc1.Cc1nc2ccccc2n1-c1cc(Cl)nc(S(C)(=O)=O)n1.N.Nc1ccccc1N.O. The Kier molecular flexibility index (Phi) is 38.6. The molecule has 16 aromatic rings. The van der Waals surface area contributed by atoms with Gasteiger partial charge in [-0.15, -0.1) is 0 Å². The van der Waals surface area contributed by atoms with Crippen molar-refractivity contribution in [1.29, 1.82) is 0 Å². The van der Waals surface area contributed by atoms with Gasteiger partial charge in [-0.05, 0) is 159 Å². The number of hydrogen-bond acceptors (Lipinski definition) is 31. The second-order valence-corrected chi connectivity index (χ2v) is 35.7. The number of benzene rings is 8. The zero-order valence-electron chi connectivity index (χ0n) is 73.5. The highest BCUT2D eigenvalue weighted by Gasteiger charge is 2.25. The van der Waals surface area contributed by atoms with Crippen molar-refractivity contribution in [3.05, 3.63) is 284 Å². The Hall–Kier alpha value is -12.9. The van der Waals surface area contributed by atoms with E-state index in [9.17, 15) is 25.3 Å². The highest BCUT2D eigenvalue weighted by molar-refractivity contribution is 7.91. The van der Waals surface area contributed by atoms with Crippen LogP contribution in [0.25, 0.3) is 50.6 Å². The molecule has 690 valence electrons. The molecule has 0 fully saturated rings. The quantitative estimate of drug-likeness (QED) is 0.0167. The van der Waals surface area contributed by atoms with Crippen LogP contribution in [0.1, 0.15) is 61.9 Å². The summed E-state index contributed by atoms with van der Waals surface area (Å²) in [7, 11) is -10.5. The molecular formula is C88H100Cl5N25O10S3. The molecule has 0 aliphatic carbocycles. The first-order valence-corrected chi connectivity index (χ1v) is 46.7. The van der Waals surface area contributed by atoms with Gasteiger partial charge in [0.2, 0.25) is 56.9 Å². The number of nitrogens with one attached hydrogen (secondary N) is 3. The molecule has 8 heterocycles. The van der Waals surface area contributed by atoms with Gasteiger partial charge in [0.1, 0.15) is 72.3 Å². The van der Waals surface area contributed by atoms with Gasteiger partial charge in [-0.25, -0.2) is 75.1 Å². The van der Waals surface area contributed by atoms with Gasteiger partial charge in [0, 0.05) is 92.9 Å². The van der Waals surface area contributed by atoms with Crippen molar-refractivity contribution < 1.29 is 44.9 Å². The van der Waals surface area contributed by atoms with Crippen LogP contribution < -0.4 is 50.8 Å². The van der Waals surface area contributed by atoms with Crippen molar-refractivity contribution in [2.45, 2.75) is 90.7 Å². The molecule has 8 aromatic carbocycles. The topological polar surface area (TPSA) is 545 Å². The largest absolute Gasteiger partial charge is 0.412 e. The third-order valence-corrected chi connectivity index (χ3v) is 20.9. The number of nitrogens with zero attached hydrogens (tertiary/aromatic N) is 16. The summed E-state index contributed by atoms with van der Waals surface area (Å²) in [5.74, 6) is 4.84. The first-order valence-electron chi connectivity index (χ1n) is 39.1. The lowest BCUT2D eigenvalue weighted by Crippen LogP contribution is -2.35. The second kappa shape index (κ2) is 48.1. The van der Waals surface area contributed by atoms with Gasteiger partial charge in [-0.1, -0.05) is 172 Å². The van der Waals surface area contributed by atoms with Gasteiger partial charge in [0.05, 0.1) is 55.8 Å². The number of anilines is 11. The van der Waals surface area contributed by atoms with Crippen LogP contribution in [0.4, 0.5) is 63.3 Å². The molecule has 0 saturated heterocycles. The zero-order chi connectivity index (χ0) is 94.1. The molecule has 43 heteroatoms. The molecule has 0 amide bonds. The van der Waals surface area contributed by atoms with E-state index in [0.29, 0.717) is 88.7 Å². The van der Waals surface area contributed by atoms with E-state index >= 15 is 0 Å². The minimum absolute atomic E-state index is 0. The van der Waals surface area contributed by atoms with Crippen molar-refractivity contribution in [3.8, 4) is 17.5 Å². The molecule has 0 spiro atoms. The first kappa shape index (κ1) is 105. The predicted molar refractivity (Wildman–Crippen MR) is 523 cm³/mol. The fraction of sp³-hybridized carbons (Fsp3) is 0.193. The number of imidazole rings is 3. The number of aryl methyl sites for hydroxylation is 6. The van der Waals surface area contributed by atoms with Gasteiger partial charge < -0.3 is 70.5 Å². The highest BCUT2D eigenvalue weighted by atomic mass is 35.5. The molecule has 0 unspecified atom stereocenters. The molecule has 8 aromatic heterocycles. The maximum atomic E-state index is 11.6. The number of rotatable bonds is 18. The van der Waals surface area contributed by atoms with Crippen LogP contribution in [-0.4, -0.2) is 154 Å². The lowest BCUT2D eigenvalue weighted by molar-refractivity contribution is -0.365. The van der Waals surface area contributed by atoms with E-state index in [1.807, 2.05) is 229 Å². The van der Waals surface area contributed by atoms with Gasteiger partial charge in [0.25, 0.3) is 5.97 Å². The van der Waals surface area contributed by atoms with Crippen LogP contribution in [0.2, 0.25) is 25.8 Å². The number of nitrogen functional groups attached to an aromatic ring is 5. The van der Waals surface area contributed by atoms with Crippen molar-refractivity contribution in [3.63, 3.8) is 0 Å². The molecule has 16 rings (SSSR count). The molecule has 131 heavy (non-hydrogen) atoms. The Morgan fingerprint density at radius 2 is 0.664 bits per heavy atom. The van der Waals surface area contributed by atoms with E-state index in [2.05, 4.69) is 80.7 Å². The van der Waals surface area contributed by atoms with E-state index in [4.69, 9.17) is 101 Å². The lowest BCUT2D eigenvalue weighted by atomic mass is 10.2. The summed E-state index contributed by atoms with van der Waals surface area (Å²) < 4.78 is 89.4. The summed E-state index contributed by atoms with van der Waals surface area (Å²) in [4.78, 5) is 53.8. The first-order chi connectivity index (χ1) is 61.1. The monoisotopic (exact) mass is 1940 g/mol. The molecule has 0 atom stereocenters. The van der Waals surface area contributed by atoms with E-state index in [1.54, 1.807) is 60.0 Å². The van der Waals surface area contributed by atoms with Crippen LogP contribution in [0, 0.1) is 41.5 Å². The van der Waals surface area contributed by atoms with E-state index < -0.39 is 35.5 Å². The van der Waals surface area contributed by atoms with Crippen LogP contribution in [0.3, 0.4) is 0 Å². The lowest BCUT2D eigenvalue weighted by Gasteiger charge is -2.27. The van der Waals surface area contributed by atoms with Crippen LogP contribution in [0.15, 0.2) is 240 Å². The standard InChI is InChI=1S/C19H16ClN5.C19H18N6.C13H11ClN4O2S.C11H11ClN4O2S.C8H18O3.C7H9N.C6H8N2.C5H4Cl2N2O2S.H3N.H2O/c2*1-12-7-9-14(10-8-12)22-19-23-17(20)11-18(24-19)25-13(2)21-15-5-3-4-6-16(15)25;1-8-15-9-5-3-4-6-10(9)18(8)12-7-11(14)16-13(17-12)21(2,19)20;1-19(17,18)11-15-9(12)6-10(16-11)14-8-5-3-2-4-7(8)13;1-5-9-8(4,10-6-2)11-7-3;1-6-2-4-7(8)5-3-6;7-5-3-1-2-4-6(5)8;1-12(10,11)5-8-3(6)2-4(7)9-5;;/h3-11H,1-2H3,(H,22,23,24);3-11H,1-2H3,(H3,20,22,23,24);3-7H,1-2H3;2-6H,13H2,1H3,(H,14,15,16);5-7H2,1-4H3;2-5H,8H2,1H3;1-4H,7-8H2;2H,1H3;1H3;1H2. The fourth-order valence-corrected chi connectivity index (χ4v) is 14.3. The summed E-state index contributed by atoms with van der Waals surface area (Å²) >= 11 is 28.9. The van der Waals surface area contributed by atoms with Crippen molar-refractivity contribution in [2.75, 3.05) is 83.2 Å². The molecule has 0 radical (unpaired) electrons. The number of aromatic nitrogens is 16. The van der Waals surface area contributed by atoms with E-state index in [0.717, 1.165) is 80.6 Å². The molecule has 35 nitrogen and oxygen atoms in total. The zero-order valence-corrected chi connectivity index (χ0v) is 79.8. The van der Waals surface area contributed by atoms with Crippen molar-refractivity contribution >= 4 is 184 Å². The molecule has 0 aliphatic rings. The second-order valence-electron chi connectivity index (χ2n) is 28.0. The molecule has 0 saturated carbocycles. The Labute approximate surface area is 783 Å². The normalized spacial score (nSPS) is 10.9. The molecular weight excluding hydrogens is 1840 g/mol. The maximum absolute atomic E-state index is 11.6. The Balaban J connectivity index is 0.000000211. The number of ether oxygens (including phenoxy) is 3. The molecule has 18 N–H and O–H groups in total. The summed E-state index contributed by atoms with van der Waals surface area (Å²) in [5, 5.41) is 8.80. The van der Waals surface area contributed by atoms with Crippen molar-refractivity contribution in [2.24, 2.45) is 0 Å². The van der Waals surface area contributed by atoms with Crippen LogP contribution in [0.5, 0.6) is 0 Å². The highest BCUT2D eigenvalue weighted by Crippen LogP contribution is 2.30. The maximum Gasteiger partial charge on any atom is 0.279 e. The summed E-state index contributed by atoms with van der Waals surface area (Å²) in [6.45, 7) is 21.1. The summed E-state index contributed by atoms with van der Waals surface area (Å²) in [5.41, 5.74) is 42.1. The van der Waals surface area contributed by atoms with Gasteiger partial charge in [0.15, 0.2) is 0 Å². The summed E-state index contributed by atoms with van der Waals surface area (Å²) in [6, 6.07) is 69.2. The number of nitrogens with two attached hydrogens (primary N) is 5. The Morgan fingerprint density at radius 3 is 1.04 bits per heavy atom. The van der Waals surface area contributed by atoms with E-state index in [1.165, 1.54) is 34.9 Å². The molecule has 0 bridgehead atoms. The number of halogens is 5. The van der Waals surface area contributed by atoms with E-state index in [-0.39, 0.29) is 53.5 Å². The smallest absolute Gasteiger partial charge is 0.279 e. The number of sulfone groups is 3. The van der Waals surface area contributed by atoms with Crippen LogP contribution in [-0.2, 0) is 43.7 Å². The van der Waals surface area contributed by atoms with Gasteiger partial charge >= 0.3 is 0 Å². The minimum atomic E-state index is -3.55. The average molecular weight is 1940 g/mol. The molecule has 0 aliphatic heterocycles. The van der Waals surface area contributed by atoms with Gasteiger partial charge in [-0.3, -0.25) is 13.7 Å². The number of hydrogen-bond donors (Lipinski definition) is 9. The fourth-order valence-electron chi connectivity index (χ4n) is 11.6. The van der Waals surface area contributed by atoms with Crippen molar-refractivity contribution in [1.82, 2.24) is 84.6 Å². The predicted octanol–water partition coefficient (Wildman–Crippen LogP) is 17.3. The van der Waals surface area contributed by atoms with Gasteiger partial charge in [-0.2, -0.15) is 15.0 Å². The third-order valence-electron chi connectivity index (χ3n) is 17.4. The average Bonchev–Trinajstić information content (AvgIpc) is 1.65. The Morgan fingerprint density at radius 1 is 0.351 bits per heavy atom. The minimum Gasteiger partial charge on any atom is -0.412 e. The number of para-hydroxylation sites is 10.